The van der Waals surface area contributed by atoms with Crippen molar-refractivity contribution in [1.29, 1.82) is 0 Å². The molecule has 2 aliphatic heterocycles. The molecule has 4 rings (SSSR count). The Kier molecular flexibility index (Phi) is 9.38. The van der Waals surface area contributed by atoms with Crippen LogP contribution in [-0.2, 0) is 9.59 Å². The molecule has 0 aliphatic carbocycles. The van der Waals surface area contributed by atoms with Crippen molar-refractivity contribution in [1.82, 2.24) is 0 Å². The molecule has 4 nitrogen and oxygen atoms in total. The van der Waals surface area contributed by atoms with E-state index in [1.54, 1.807) is 0 Å². The van der Waals surface area contributed by atoms with Gasteiger partial charge in [0.25, 0.3) is 11.8 Å². The van der Waals surface area contributed by atoms with Crippen LogP contribution in [0.5, 0.6) is 0 Å². The summed E-state index contributed by atoms with van der Waals surface area (Å²) in [5.41, 5.74) is 4.84. The standard InChI is InChI=1S/C32H42N2O2/c1-3-5-7-9-11-17-23-33-27-21-15-13-19-25(27)29(31(33)35)30-26-20-14-16-22-28(26)34(32(30)36)24-18-12-10-8-6-4-2/h13-16,19-22H,3-12,17-18,23-24H2,1-2H3/b30-29+. The lowest BCUT2D eigenvalue weighted by molar-refractivity contribution is -0.114. The fourth-order valence-corrected chi connectivity index (χ4v) is 5.59. The summed E-state index contributed by atoms with van der Waals surface area (Å²) >= 11 is 0. The molecule has 4 heteroatoms. The van der Waals surface area contributed by atoms with Crippen LogP contribution in [-0.4, -0.2) is 24.9 Å². The average Bonchev–Trinajstić information content (AvgIpc) is 3.33. The van der Waals surface area contributed by atoms with Crippen molar-refractivity contribution in [3.8, 4) is 0 Å². The molecule has 2 aromatic carbocycles. The summed E-state index contributed by atoms with van der Waals surface area (Å²) < 4.78 is 0. The number of rotatable bonds is 14. The van der Waals surface area contributed by atoms with E-state index >= 15 is 0 Å². The van der Waals surface area contributed by atoms with E-state index in [-0.39, 0.29) is 11.8 Å². The van der Waals surface area contributed by atoms with Crippen molar-refractivity contribution >= 4 is 34.3 Å². The summed E-state index contributed by atoms with van der Waals surface area (Å²) in [4.78, 5) is 31.5. The van der Waals surface area contributed by atoms with E-state index in [0.29, 0.717) is 24.2 Å². The lowest BCUT2D eigenvalue weighted by atomic mass is 9.96. The number of unbranched alkanes of at least 4 members (excludes halogenated alkanes) is 10. The lowest BCUT2D eigenvalue weighted by Crippen LogP contribution is -2.30. The van der Waals surface area contributed by atoms with E-state index in [9.17, 15) is 9.59 Å². The fourth-order valence-electron chi connectivity index (χ4n) is 5.59. The van der Waals surface area contributed by atoms with Gasteiger partial charge in [-0.1, -0.05) is 114 Å². The van der Waals surface area contributed by atoms with Crippen LogP contribution in [0.2, 0.25) is 0 Å². The maximum Gasteiger partial charge on any atom is 0.259 e. The number of anilines is 2. The number of hydrogen-bond acceptors (Lipinski definition) is 2. The first-order chi connectivity index (χ1) is 17.7. The van der Waals surface area contributed by atoms with Crippen LogP contribution < -0.4 is 9.80 Å². The Morgan fingerprint density at radius 3 is 1.28 bits per heavy atom. The van der Waals surface area contributed by atoms with Crippen LogP contribution in [0.3, 0.4) is 0 Å². The highest BCUT2D eigenvalue weighted by Gasteiger charge is 2.41. The summed E-state index contributed by atoms with van der Waals surface area (Å²) in [7, 11) is 0. The van der Waals surface area contributed by atoms with Gasteiger partial charge >= 0.3 is 0 Å². The van der Waals surface area contributed by atoms with Crippen LogP contribution >= 0.6 is 0 Å². The van der Waals surface area contributed by atoms with E-state index in [1.165, 1.54) is 51.4 Å². The average molecular weight is 487 g/mol. The number of hydrogen-bond donors (Lipinski definition) is 0. The first-order valence-corrected chi connectivity index (χ1v) is 14.3. The van der Waals surface area contributed by atoms with Crippen LogP contribution in [0, 0.1) is 0 Å². The fraction of sp³-hybridized carbons (Fsp3) is 0.500. The third-order valence-corrected chi connectivity index (χ3v) is 7.57. The van der Waals surface area contributed by atoms with Gasteiger partial charge in [0.15, 0.2) is 0 Å². The second kappa shape index (κ2) is 12.9. The van der Waals surface area contributed by atoms with Gasteiger partial charge in [-0.25, -0.2) is 0 Å². The molecule has 0 spiro atoms. The summed E-state index contributed by atoms with van der Waals surface area (Å²) in [6, 6.07) is 16.0. The molecule has 0 aromatic heterocycles. The van der Waals surface area contributed by atoms with Crippen LogP contribution in [0.4, 0.5) is 11.4 Å². The molecular formula is C32H42N2O2. The Hall–Kier alpha value is -2.88. The molecule has 0 saturated carbocycles. The molecule has 0 fully saturated rings. The number of para-hydroxylation sites is 2. The summed E-state index contributed by atoms with van der Waals surface area (Å²) in [6.07, 6.45) is 14.2. The predicted octanol–water partition coefficient (Wildman–Crippen LogP) is 8.01. The predicted molar refractivity (Wildman–Crippen MR) is 151 cm³/mol. The zero-order valence-corrected chi connectivity index (χ0v) is 22.2. The zero-order valence-electron chi connectivity index (χ0n) is 22.2. The Labute approximate surface area is 217 Å². The molecular weight excluding hydrogens is 444 g/mol. The number of carbonyl (C=O) groups excluding carboxylic acids is 2. The molecule has 0 atom stereocenters. The molecule has 2 aliphatic rings. The maximum absolute atomic E-state index is 13.8. The Morgan fingerprint density at radius 1 is 0.500 bits per heavy atom. The van der Waals surface area contributed by atoms with Gasteiger partial charge in [0, 0.05) is 24.2 Å². The van der Waals surface area contributed by atoms with Crippen molar-refractivity contribution in [3.63, 3.8) is 0 Å². The third kappa shape index (κ3) is 5.58. The third-order valence-electron chi connectivity index (χ3n) is 7.57. The van der Waals surface area contributed by atoms with Gasteiger partial charge in [0.05, 0.1) is 22.5 Å². The number of nitrogens with zero attached hydrogens (tertiary/aromatic N) is 2. The van der Waals surface area contributed by atoms with E-state index in [1.807, 2.05) is 58.3 Å². The zero-order chi connectivity index (χ0) is 25.3. The van der Waals surface area contributed by atoms with Crippen molar-refractivity contribution < 1.29 is 9.59 Å². The van der Waals surface area contributed by atoms with E-state index in [0.717, 1.165) is 48.2 Å². The highest BCUT2D eigenvalue weighted by Crippen LogP contribution is 2.46. The van der Waals surface area contributed by atoms with Gasteiger partial charge < -0.3 is 9.80 Å². The van der Waals surface area contributed by atoms with Gasteiger partial charge in [-0.2, -0.15) is 0 Å². The van der Waals surface area contributed by atoms with Gasteiger partial charge in [0.2, 0.25) is 0 Å². The van der Waals surface area contributed by atoms with Crippen molar-refractivity contribution in [2.45, 2.75) is 90.9 Å². The first-order valence-electron chi connectivity index (χ1n) is 14.3. The maximum atomic E-state index is 13.8. The summed E-state index contributed by atoms with van der Waals surface area (Å²) in [5.74, 6) is -0.0475. The van der Waals surface area contributed by atoms with Crippen molar-refractivity contribution in [3.05, 3.63) is 59.7 Å². The summed E-state index contributed by atoms with van der Waals surface area (Å²) in [5, 5.41) is 0. The minimum atomic E-state index is -0.0238. The van der Waals surface area contributed by atoms with Crippen LogP contribution in [0.1, 0.15) is 102 Å². The van der Waals surface area contributed by atoms with Gasteiger partial charge in [-0.05, 0) is 25.0 Å². The number of carbonyl (C=O) groups is 2. The molecule has 0 radical (unpaired) electrons. The van der Waals surface area contributed by atoms with Gasteiger partial charge in [-0.15, -0.1) is 0 Å². The highest BCUT2D eigenvalue weighted by molar-refractivity contribution is 6.49. The second-order valence-corrected chi connectivity index (χ2v) is 10.2. The van der Waals surface area contributed by atoms with E-state index in [2.05, 4.69) is 13.8 Å². The summed E-state index contributed by atoms with van der Waals surface area (Å²) in [6.45, 7) is 5.87. The Morgan fingerprint density at radius 2 is 0.861 bits per heavy atom. The minimum absolute atomic E-state index is 0.0238. The van der Waals surface area contributed by atoms with E-state index in [4.69, 9.17) is 0 Å². The number of benzene rings is 2. The quantitative estimate of drug-likeness (QED) is 0.200. The van der Waals surface area contributed by atoms with Crippen LogP contribution in [0.25, 0.3) is 11.1 Å². The largest absolute Gasteiger partial charge is 0.308 e. The van der Waals surface area contributed by atoms with Crippen molar-refractivity contribution in [2.24, 2.45) is 0 Å². The minimum Gasteiger partial charge on any atom is -0.308 e. The normalized spacial score (nSPS) is 16.7. The Bertz CT molecular complexity index is 1000. The molecule has 0 N–H and O–H groups in total. The van der Waals surface area contributed by atoms with Gasteiger partial charge in [0.1, 0.15) is 0 Å². The SMILES string of the molecule is CCCCCCCCN1C(=O)/C(=C2/C(=O)N(CCCCCCCC)c3ccccc32)c2ccccc21. The molecule has 2 heterocycles. The topological polar surface area (TPSA) is 40.6 Å². The first kappa shape index (κ1) is 26.2. The molecule has 0 bridgehead atoms. The number of amides is 2. The molecule has 0 unspecified atom stereocenters. The molecule has 192 valence electrons. The highest BCUT2D eigenvalue weighted by atomic mass is 16.2. The van der Waals surface area contributed by atoms with E-state index < -0.39 is 0 Å². The van der Waals surface area contributed by atoms with Crippen molar-refractivity contribution in [2.75, 3.05) is 22.9 Å². The molecule has 2 aromatic rings. The smallest absolute Gasteiger partial charge is 0.259 e. The van der Waals surface area contributed by atoms with Crippen LogP contribution in [0.15, 0.2) is 48.5 Å². The van der Waals surface area contributed by atoms with Gasteiger partial charge in [-0.3, -0.25) is 9.59 Å². The second-order valence-electron chi connectivity index (χ2n) is 10.2. The number of fused-ring (bicyclic) bond motifs is 2. The molecule has 0 saturated heterocycles. The Balaban J connectivity index is 1.57. The lowest BCUT2D eigenvalue weighted by Gasteiger charge is -2.17. The molecule has 2 amide bonds. The monoisotopic (exact) mass is 486 g/mol. The molecule has 36 heavy (non-hydrogen) atoms.